The molecule has 110 valence electrons. The van der Waals surface area contributed by atoms with Crippen molar-refractivity contribution < 1.29 is 0 Å². The van der Waals surface area contributed by atoms with Crippen LogP contribution in [0.5, 0.6) is 0 Å². The van der Waals surface area contributed by atoms with Crippen molar-refractivity contribution in [1.29, 1.82) is 0 Å². The second kappa shape index (κ2) is 6.19. The van der Waals surface area contributed by atoms with Crippen LogP contribution in [0.2, 0.25) is 0 Å². The minimum absolute atomic E-state index is 1.10. The van der Waals surface area contributed by atoms with Gasteiger partial charge in [0, 0.05) is 0 Å². The Balaban J connectivity index is 2.08. The monoisotopic (exact) mass is 286 g/mol. The van der Waals surface area contributed by atoms with Crippen molar-refractivity contribution in [1.82, 2.24) is 0 Å². The number of rotatable bonds is 4. The SMILES string of the molecule is C=Cc1ccc(-c2ccc3cc(C)ccc3c2)cc1CCC. The number of benzene rings is 3. The van der Waals surface area contributed by atoms with Gasteiger partial charge in [-0.25, -0.2) is 0 Å². The highest BCUT2D eigenvalue weighted by Gasteiger charge is 2.04. The molecule has 0 nitrogen and oxygen atoms in total. The second-order valence-electron chi connectivity index (χ2n) is 5.93. The maximum atomic E-state index is 3.93. The average molecular weight is 286 g/mol. The van der Waals surface area contributed by atoms with E-state index in [0.717, 1.165) is 12.8 Å². The van der Waals surface area contributed by atoms with E-state index in [4.69, 9.17) is 0 Å². The predicted molar refractivity (Wildman–Crippen MR) is 98.2 cm³/mol. The minimum atomic E-state index is 1.10. The maximum absolute atomic E-state index is 3.93. The molecule has 0 aliphatic carbocycles. The molecule has 0 aromatic heterocycles. The zero-order valence-corrected chi connectivity index (χ0v) is 13.4. The largest absolute Gasteiger partial charge is 0.0985 e. The predicted octanol–water partition coefficient (Wildman–Crippen LogP) is 6.41. The molecule has 0 spiro atoms. The van der Waals surface area contributed by atoms with Crippen LogP contribution in [0.15, 0.2) is 61.2 Å². The quantitative estimate of drug-likeness (QED) is 0.519. The molecule has 0 fully saturated rings. The van der Waals surface area contributed by atoms with E-state index in [-0.39, 0.29) is 0 Å². The molecule has 3 aromatic rings. The van der Waals surface area contributed by atoms with Gasteiger partial charge in [0.05, 0.1) is 0 Å². The number of hydrogen-bond acceptors (Lipinski definition) is 0. The van der Waals surface area contributed by atoms with Gasteiger partial charge in [-0.2, -0.15) is 0 Å². The Labute approximate surface area is 133 Å². The molecule has 3 rings (SSSR count). The Morgan fingerprint density at radius 3 is 2.32 bits per heavy atom. The number of fused-ring (bicyclic) bond motifs is 1. The molecule has 0 N–H and O–H groups in total. The van der Waals surface area contributed by atoms with Crippen LogP contribution in [0.4, 0.5) is 0 Å². The summed E-state index contributed by atoms with van der Waals surface area (Å²) in [5.41, 5.74) is 6.52. The van der Waals surface area contributed by atoms with Crippen molar-refractivity contribution in [3.05, 3.63) is 77.9 Å². The molecule has 0 bridgehead atoms. The van der Waals surface area contributed by atoms with Gasteiger partial charge in [0.15, 0.2) is 0 Å². The van der Waals surface area contributed by atoms with Crippen LogP contribution in [0, 0.1) is 6.92 Å². The summed E-state index contributed by atoms with van der Waals surface area (Å²) >= 11 is 0. The lowest BCUT2D eigenvalue weighted by Gasteiger charge is -2.10. The highest BCUT2D eigenvalue weighted by Crippen LogP contribution is 2.27. The summed E-state index contributed by atoms with van der Waals surface area (Å²) in [6.45, 7) is 8.28. The first kappa shape index (κ1) is 14.6. The number of aryl methyl sites for hydroxylation is 2. The fraction of sp³-hybridized carbons (Fsp3) is 0.182. The highest BCUT2D eigenvalue weighted by atomic mass is 14.1. The Bertz CT molecular complexity index is 825. The highest BCUT2D eigenvalue weighted by molar-refractivity contribution is 5.88. The van der Waals surface area contributed by atoms with Crippen molar-refractivity contribution in [3.63, 3.8) is 0 Å². The first-order chi connectivity index (χ1) is 10.7. The summed E-state index contributed by atoms with van der Waals surface area (Å²) in [5.74, 6) is 0. The molecular weight excluding hydrogens is 264 g/mol. The summed E-state index contributed by atoms with van der Waals surface area (Å²) in [7, 11) is 0. The van der Waals surface area contributed by atoms with E-state index < -0.39 is 0 Å². The third kappa shape index (κ3) is 2.82. The third-order valence-electron chi connectivity index (χ3n) is 4.21. The Kier molecular flexibility index (Phi) is 4.11. The van der Waals surface area contributed by atoms with Gasteiger partial charge in [-0.3, -0.25) is 0 Å². The van der Waals surface area contributed by atoms with E-state index in [1.165, 1.54) is 38.6 Å². The fourth-order valence-electron chi connectivity index (χ4n) is 3.02. The molecule has 0 unspecified atom stereocenters. The Morgan fingerprint density at radius 1 is 0.864 bits per heavy atom. The standard InChI is InChI=1S/C22H22/c1-4-6-18-14-21(10-9-17(18)5-2)22-12-11-19-13-16(3)7-8-20(19)15-22/h5,7-15H,2,4,6H2,1,3H3. The van der Waals surface area contributed by atoms with Gasteiger partial charge in [-0.05, 0) is 52.4 Å². The van der Waals surface area contributed by atoms with E-state index in [1.807, 2.05) is 6.08 Å². The van der Waals surface area contributed by atoms with E-state index in [0.29, 0.717) is 0 Å². The summed E-state index contributed by atoms with van der Waals surface area (Å²) < 4.78 is 0. The average Bonchev–Trinajstić information content (AvgIpc) is 2.54. The van der Waals surface area contributed by atoms with Crippen LogP contribution in [-0.4, -0.2) is 0 Å². The van der Waals surface area contributed by atoms with Crippen LogP contribution in [0.25, 0.3) is 28.0 Å². The Morgan fingerprint density at radius 2 is 1.55 bits per heavy atom. The van der Waals surface area contributed by atoms with Crippen LogP contribution in [0.1, 0.15) is 30.0 Å². The van der Waals surface area contributed by atoms with Crippen molar-refractivity contribution in [2.45, 2.75) is 26.7 Å². The minimum Gasteiger partial charge on any atom is -0.0985 e. The van der Waals surface area contributed by atoms with Crippen LogP contribution in [0.3, 0.4) is 0 Å². The molecule has 0 heterocycles. The van der Waals surface area contributed by atoms with E-state index in [2.05, 4.69) is 75.0 Å². The van der Waals surface area contributed by atoms with Gasteiger partial charge in [-0.15, -0.1) is 0 Å². The summed E-state index contributed by atoms with van der Waals surface area (Å²) in [6, 6.07) is 20.1. The number of hydrogen-bond donors (Lipinski definition) is 0. The van der Waals surface area contributed by atoms with E-state index >= 15 is 0 Å². The van der Waals surface area contributed by atoms with Crippen LogP contribution in [-0.2, 0) is 6.42 Å². The molecule has 0 radical (unpaired) electrons. The molecule has 0 saturated carbocycles. The molecule has 0 heteroatoms. The summed E-state index contributed by atoms with van der Waals surface area (Å²) in [4.78, 5) is 0. The van der Waals surface area contributed by atoms with Gasteiger partial charge in [0.1, 0.15) is 0 Å². The molecule has 0 atom stereocenters. The molecule has 22 heavy (non-hydrogen) atoms. The van der Waals surface area contributed by atoms with Crippen LogP contribution >= 0.6 is 0 Å². The van der Waals surface area contributed by atoms with Gasteiger partial charge >= 0.3 is 0 Å². The van der Waals surface area contributed by atoms with E-state index in [1.54, 1.807) is 0 Å². The summed E-state index contributed by atoms with van der Waals surface area (Å²) in [5, 5.41) is 2.60. The normalized spacial score (nSPS) is 10.8. The zero-order chi connectivity index (χ0) is 15.5. The first-order valence-corrected chi connectivity index (χ1v) is 7.97. The summed E-state index contributed by atoms with van der Waals surface area (Å²) in [6.07, 6.45) is 4.21. The zero-order valence-electron chi connectivity index (χ0n) is 13.4. The van der Waals surface area contributed by atoms with E-state index in [9.17, 15) is 0 Å². The van der Waals surface area contributed by atoms with Crippen molar-refractivity contribution in [3.8, 4) is 11.1 Å². The fourth-order valence-corrected chi connectivity index (χ4v) is 3.02. The van der Waals surface area contributed by atoms with Gasteiger partial charge in [-0.1, -0.05) is 80.1 Å². The van der Waals surface area contributed by atoms with Crippen molar-refractivity contribution in [2.24, 2.45) is 0 Å². The topological polar surface area (TPSA) is 0 Å². The van der Waals surface area contributed by atoms with Gasteiger partial charge in [0.2, 0.25) is 0 Å². The molecular formula is C22H22. The Hall–Kier alpha value is -2.34. The lowest BCUT2D eigenvalue weighted by atomic mass is 9.95. The van der Waals surface area contributed by atoms with Crippen molar-refractivity contribution >= 4 is 16.8 Å². The molecule has 0 aliphatic heterocycles. The molecule has 3 aromatic carbocycles. The van der Waals surface area contributed by atoms with Gasteiger partial charge < -0.3 is 0 Å². The maximum Gasteiger partial charge on any atom is -0.0178 e. The molecule has 0 aliphatic rings. The first-order valence-electron chi connectivity index (χ1n) is 7.97. The second-order valence-corrected chi connectivity index (χ2v) is 5.93. The lowest BCUT2D eigenvalue weighted by molar-refractivity contribution is 0.920. The van der Waals surface area contributed by atoms with Gasteiger partial charge in [0.25, 0.3) is 0 Å². The molecule has 0 saturated heterocycles. The van der Waals surface area contributed by atoms with Crippen LogP contribution < -0.4 is 0 Å². The smallest absolute Gasteiger partial charge is 0.0178 e. The third-order valence-corrected chi connectivity index (χ3v) is 4.21. The molecule has 0 amide bonds. The lowest BCUT2D eigenvalue weighted by Crippen LogP contribution is -1.90. The van der Waals surface area contributed by atoms with Crippen molar-refractivity contribution in [2.75, 3.05) is 0 Å².